The number of aryl methyl sites for hydroxylation is 3. The van der Waals surface area contributed by atoms with Crippen LogP contribution in [0, 0.1) is 26.6 Å². The molecule has 0 aliphatic rings. The van der Waals surface area contributed by atoms with Gasteiger partial charge in [0, 0.05) is 0 Å². The number of anilines is 1. The summed E-state index contributed by atoms with van der Waals surface area (Å²) >= 11 is 1.30. The van der Waals surface area contributed by atoms with E-state index >= 15 is 0 Å². The normalized spacial score (nSPS) is 12.0. The summed E-state index contributed by atoms with van der Waals surface area (Å²) in [6.07, 6.45) is 0. The van der Waals surface area contributed by atoms with Crippen molar-refractivity contribution in [1.82, 2.24) is 14.6 Å². The van der Waals surface area contributed by atoms with Crippen LogP contribution in [0.4, 0.5) is 10.1 Å². The van der Waals surface area contributed by atoms with E-state index in [1.807, 2.05) is 0 Å². The highest BCUT2D eigenvalue weighted by atomic mass is 32.2. The summed E-state index contributed by atoms with van der Waals surface area (Å²) < 4.78 is 42.4. The van der Waals surface area contributed by atoms with Crippen LogP contribution in [0.1, 0.15) is 16.3 Å². The maximum Gasteiger partial charge on any atom is 0.281 e. The first-order chi connectivity index (χ1) is 10.3. The van der Waals surface area contributed by atoms with Gasteiger partial charge in [-0.2, -0.15) is 18.0 Å². The van der Waals surface area contributed by atoms with Gasteiger partial charge in [-0.15, -0.1) is 0 Å². The largest absolute Gasteiger partial charge is 0.281 e. The molecule has 0 radical (unpaired) electrons. The summed E-state index contributed by atoms with van der Waals surface area (Å²) in [4.78, 5) is 4.70. The molecule has 2 heterocycles. The number of nitrogens with one attached hydrogen (secondary N) is 1. The van der Waals surface area contributed by atoms with E-state index in [9.17, 15) is 12.8 Å². The fourth-order valence-corrected chi connectivity index (χ4v) is 4.26. The maximum absolute atomic E-state index is 13.6. The minimum atomic E-state index is -3.92. The van der Waals surface area contributed by atoms with Gasteiger partial charge >= 0.3 is 0 Å². The number of nitrogens with zero attached hydrogens (tertiary/aromatic N) is 3. The second kappa shape index (κ2) is 5.03. The molecule has 3 aromatic rings. The highest BCUT2D eigenvalue weighted by Crippen LogP contribution is 2.24. The molecule has 2 aromatic heterocycles. The Morgan fingerprint density at radius 1 is 1.27 bits per heavy atom. The van der Waals surface area contributed by atoms with Crippen molar-refractivity contribution in [2.24, 2.45) is 0 Å². The standard InChI is InChI=1S/C13H13FN4O2S2/c1-7-4-5-10(6-11(7)14)17-22(19,20)12-8(2)15-13-18(12)16-9(3)21-13/h4-6,17H,1-3H3. The molecule has 1 aromatic carbocycles. The van der Waals surface area contributed by atoms with E-state index < -0.39 is 15.8 Å². The fraction of sp³-hybridized carbons (Fsp3) is 0.231. The van der Waals surface area contributed by atoms with Crippen LogP contribution in [-0.4, -0.2) is 23.0 Å². The number of hydrogen-bond donors (Lipinski definition) is 1. The van der Waals surface area contributed by atoms with Gasteiger partial charge in [-0.3, -0.25) is 4.72 Å². The molecule has 1 N–H and O–H groups in total. The lowest BCUT2D eigenvalue weighted by Crippen LogP contribution is -2.16. The van der Waals surface area contributed by atoms with E-state index in [0.717, 1.165) is 6.07 Å². The lowest BCUT2D eigenvalue weighted by molar-refractivity contribution is 0.592. The van der Waals surface area contributed by atoms with Crippen molar-refractivity contribution in [1.29, 1.82) is 0 Å². The smallest absolute Gasteiger partial charge is 0.278 e. The van der Waals surface area contributed by atoms with Crippen LogP contribution in [0.3, 0.4) is 0 Å². The Morgan fingerprint density at radius 3 is 2.68 bits per heavy atom. The molecule has 6 nitrogen and oxygen atoms in total. The third-order valence-corrected chi connectivity index (χ3v) is 5.41. The average Bonchev–Trinajstić information content (AvgIpc) is 2.87. The van der Waals surface area contributed by atoms with E-state index in [-0.39, 0.29) is 10.7 Å². The van der Waals surface area contributed by atoms with E-state index in [0.29, 0.717) is 21.2 Å². The van der Waals surface area contributed by atoms with E-state index in [4.69, 9.17) is 0 Å². The Kier molecular flexibility index (Phi) is 3.41. The van der Waals surface area contributed by atoms with Crippen LogP contribution in [0.5, 0.6) is 0 Å². The Bertz CT molecular complexity index is 976. The SMILES string of the molecule is Cc1nn2c(S(=O)(=O)Nc3ccc(C)c(F)c3)c(C)nc2s1. The minimum Gasteiger partial charge on any atom is -0.278 e. The summed E-state index contributed by atoms with van der Waals surface area (Å²) in [6, 6.07) is 4.17. The predicted molar refractivity (Wildman–Crippen MR) is 82.3 cm³/mol. The summed E-state index contributed by atoms with van der Waals surface area (Å²) in [5, 5.41) is 4.83. The number of sulfonamides is 1. The first-order valence-corrected chi connectivity index (χ1v) is 8.69. The topological polar surface area (TPSA) is 76.4 Å². The van der Waals surface area contributed by atoms with Crippen LogP contribution in [-0.2, 0) is 10.0 Å². The van der Waals surface area contributed by atoms with Gasteiger partial charge in [-0.05, 0) is 38.5 Å². The Hall–Kier alpha value is -2.00. The molecule has 0 amide bonds. The van der Waals surface area contributed by atoms with Crippen molar-refractivity contribution in [2.45, 2.75) is 25.8 Å². The molecule has 0 atom stereocenters. The highest BCUT2D eigenvalue weighted by molar-refractivity contribution is 7.92. The minimum absolute atomic E-state index is 0.0344. The molecular weight excluding hydrogens is 327 g/mol. The molecule has 3 rings (SSSR count). The van der Waals surface area contributed by atoms with E-state index in [1.54, 1.807) is 20.8 Å². The quantitative estimate of drug-likeness (QED) is 0.795. The van der Waals surface area contributed by atoms with Gasteiger partial charge in [0.15, 0.2) is 0 Å². The third-order valence-electron chi connectivity index (χ3n) is 3.10. The molecule has 9 heteroatoms. The fourth-order valence-electron chi connectivity index (χ4n) is 2.09. The second-order valence-electron chi connectivity index (χ2n) is 4.89. The zero-order chi connectivity index (χ0) is 16.1. The molecule has 0 saturated carbocycles. The van der Waals surface area contributed by atoms with Crippen LogP contribution < -0.4 is 4.72 Å². The van der Waals surface area contributed by atoms with Gasteiger partial charge < -0.3 is 0 Å². The zero-order valence-electron chi connectivity index (χ0n) is 12.1. The van der Waals surface area contributed by atoms with Crippen molar-refractivity contribution < 1.29 is 12.8 Å². The first kappa shape index (κ1) is 14.9. The summed E-state index contributed by atoms with van der Waals surface area (Å²) in [5.74, 6) is -0.472. The molecular formula is C13H13FN4O2S2. The molecule has 0 aliphatic heterocycles. The van der Waals surface area contributed by atoms with Crippen molar-refractivity contribution in [2.75, 3.05) is 4.72 Å². The van der Waals surface area contributed by atoms with Crippen LogP contribution >= 0.6 is 11.3 Å². The molecule has 0 unspecified atom stereocenters. The van der Waals surface area contributed by atoms with Crippen molar-refractivity contribution in [3.63, 3.8) is 0 Å². The number of aromatic nitrogens is 3. The number of hydrogen-bond acceptors (Lipinski definition) is 5. The first-order valence-electron chi connectivity index (χ1n) is 6.39. The van der Waals surface area contributed by atoms with Crippen molar-refractivity contribution >= 4 is 32.0 Å². The molecule has 22 heavy (non-hydrogen) atoms. The van der Waals surface area contributed by atoms with Gasteiger partial charge in [0.25, 0.3) is 10.0 Å². The van der Waals surface area contributed by atoms with Gasteiger partial charge in [-0.1, -0.05) is 17.4 Å². The second-order valence-corrected chi connectivity index (χ2v) is 7.65. The Balaban J connectivity index is 2.07. The number of imidazole rings is 1. The Labute approximate surface area is 130 Å². The zero-order valence-corrected chi connectivity index (χ0v) is 13.7. The molecule has 0 aliphatic carbocycles. The number of halogens is 1. The predicted octanol–water partition coefficient (Wildman–Crippen LogP) is 2.66. The van der Waals surface area contributed by atoms with Gasteiger partial charge in [0.2, 0.25) is 9.99 Å². The summed E-state index contributed by atoms with van der Waals surface area (Å²) in [7, 11) is -3.92. The highest BCUT2D eigenvalue weighted by Gasteiger charge is 2.25. The average molecular weight is 340 g/mol. The summed E-state index contributed by atoms with van der Waals surface area (Å²) in [6.45, 7) is 4.98. The lowest BCUT2D eigenvalue weighted by atomic mass is 10.2. The number of benzene rings is 1. The molecule has 0 saturated heterocycles. The van der Waals surface area contributed by atoms with Gasteiger partial charge in [-0.25, -0.2) is 9.37 Å². The van der Waals surface area contributed by atoms with Crippen molar-refractivity contribution in [3.8, 4) is 0 Å². The number of rotatable bonds is 3. The molecule has 0 spiro atoms. The van der Waals surface area contributed by atoms with Crippen molar-refractivity contribution in [3.05, 3.63) is 40.3 Å². The monoisotopic (exact) mass is 340 g/mol. The van der Waals surface area contributed by atoms with Crippen LogP contribution in [0.15, 0.2) is 23.2 Å². The number of fused-ring (bicyclic) bond motifs is 1. The summed E-state index contributed by atoms with van der Waals surface area (Å²) in [5.41, 5.74) is 0.948. The maximum atomic E-state index is 13.6. The molecule has 116 valence electrons. The molecule has 0 fully saturated rings. The Morgan fingerprint density at radius 2 is 2.00 bits per heavy atom. The van der Waals surface area contributed by atoms with Crippen LogP contribution in [0.2, 0.25) is 0 Å². The van der Waals surface area contributed by atoms with E-state index in [1.165, 1.54) is 28.0 Å². The van der Waals surface area contributed by atoms with Gasteiger partial charge in [0.1, 0.15) is 10.8 Å². The van der Waals surface area contributed by atoms with E-state index in [2.05, 4.69) is 14.8 Å². The lowest BCUT2D eigenvalue weighted by Gasteiger charge is -2.08. The van der Waals surface area contributed by atoms with Crippen LogP contribution in [0.25, 0.3) is 4.96 Å². The molecule has 0 bridgehead atoms. The van der Waals surface area contributed by atoms with Gasteiger partial charge in [0.05, 0.1) is 11.4 Å². The third kappa shape index (κ3) is 2.46.